The first-order chi connectivity index (χ1) is 14.2. The smallest absolute Gasteiger partial charge is 0.233 e. The number of halogens is 1. The highest BCUT2D eigenvalue weighted by atomic mass is 79.9. The Kier molecular flexibility index (Phi) is 4.32. The van der Waals surface area contributed by atoms with E-state index in [9.17, 15) is 10.1 Å². The number of benzene rings is 2. The number of aromatic nitrogens is 3. The van der Waals surface area contributed by atoms with Gasteiger partial charge < -0.3 is 9.80 Å². The zero-order valence-electron chi connectivity index (χ0n) is 15.5. The average Bonchev–Trinajstić information content (AvgIpc) is 3.38. The van der Waals surface area contributed by atoms with Crippen molar-refractivity contribution in [3.63, 3.8) is 0 Å². The van der Waals surface area contributed by atoms with Crippen LogP contribution in [-0.4, -0.2) is 32.1 Å². The lowest BCUT2D eigenvalue weighted by Crippen LogP contribution is -2.44. The van der Waals surface area contributed by atoms with Gasteiger partial charge in [0, 0.05) is 17.4 Å². The van der Waals surface area contributed by atoms with Crippen molar-refractivity contribution in [2.24, 2.45) is 0 Å². The Bertz CT molecular complexity index is 1150. The van der Waals surface area contributed by atoms with E-state index in [-0.39, 0.29) is 12.1 Å². The summed E-state index contributed by atoms with van der Waals surface area (Å²) in [4.78, 5) is 16.7. The SMILES string of the molecule is N#Cc1cccc(C(N2CCCC2=O)N2Cc3cc(Br)ccc3-n3cnnc32)c1. The van der Waals surface area contributed by atoms with Crippen LogP contribution < -0.4 is 4.90 Å². The zero-order chi connectivity index (χ0) is 20.0. The van der Waals surface area contributed by atoms with E-state index >= 15 is 0 Å². The van der Waals surface area contributed by atoms with E-state index in [0.29, 0.717) is 31.0 Å². The quantitative estimate of drug-likeness (QED) is 0.612. The lowest BCUT2D eigenvalue weighted by atomic mass is 10.0. The van der Waals surface area contributed by atoms with E-state index < -0.39 is 0 Å². The van der Waals surface area contributed by atoms with E-state index in [1.165, 1.54) is 0 Å². The average molecular weight is 449 g/mol. The molecule has 3 heterocycles. The number of hydrogen-bond donors (Lipinski definition) is 0. The monoisotopic (exact) mass is 448 g/mol. The number of fused-ring (bicyclic) bond motifs is 3. The van der Waals surface area contributed by atoms with Crippen LogP contribution in [0.4, 0.5) is 5.95 Å². The number of likely N-dealkylation sites (tertiary alicyclic amines) is 1. The molecule has 1 amide bonds. The molecule has 29 heavy (non-hydrogen) atoms. The molecule has 5 rings (SSSR count). The predicted molar refractivity (Wildman–Crippen MR) is 110 cm³/mol. The van der Waals surface area contributed by atoms with E-state index in [4.69, 9.17) is 0 Å². The standard InChI is InChI=1S/C21H17BrN6O/c22-17-6-7-18-16(10-17)12-27(21-25-24-13-28(18)21)20(26-8-2-5-19(26)29)15-4-1-3-14(9-15)11-23/h1,3-4,6-7,9-10,13,20H,2,5,8,12H2. The van der Waals surface area contributed by atoms with Crippen LogP contribution in [0.15, 0.2) is 53.3 Å². The third-order valence-corrected chi connectivity index (χ3v) is 5.94. The maximum Gasteiger partial charge on any atom is 0.233 e. The highest BCUT2D eigenvalue weighted by Crippen LogP contribution is 2.39. The molecule has 2 aromatic carbocycles. The van der Waals surface area contributed by atoms with Crippen LogP contribution in [0.5, 0.6) is 0 Å². The van der Waals surface area contributed by atoms with Crippen molar-refractivity contribution in [2.45, 2.75) is 25.6 Å². The number of nitriles is 1. The first-order valence-corrected chi connectivity index (χ1v) is 10.2. The van der Waals surface area contributed by atoms with Crippen molar-refractivity contribution < 1.29 is 4.79 Å². The molecule has 0 aliphatic carbocycles. The van der Waals surface area contributed by atoms with Gasteiger partial charge in [-0.15, -0.1) is 10.2 Å². The van der Waals surface area contributed by atoms with Crippen LogP contribution in [-0.2, 0) is 11.3 Å². The minimum Gasteiger partial charge on any atom is -0.318 e. The number of carbonyl (C=O) groups excluding carboxylic acids is 1. The summed E-state index contributed by atoms with van der Waals surface area (Å²) in [5, 5.41) is 17.9. The molecule has 144 valence electrons. The minimum atomic E-state index is -0.353. The van der Waals surface area contributed by atoms with Crippen LogP contribution in [0.1, 0.15) is 35.7 Å². The molecule has 0 spiro atoms. The summed E-state index contributed by atoms with van der Waals surface area (Å²) in [7, 11) is 0. The molecule has 0 bridgehead atoms. The van der Waals surface area contributed by atoms with Gasteiger partial charge in [-0.1, -0.05) is 28.1 Å². The third-order valence-electron chi connectivity index (χ3n) is 5.44. The van der Waals surface area contributed by atoms with Crippen LogP contribution >= 0.6 is 15.9 Å². The van der Waals surface area contributed by atoms with Crippen LogP contribution in [0.2, 0.25) is 0 Å². The fourth-order valence-corrected chi connectivity index (χ4v) is 4.59. The third kappa shape index (κ3) is 2.98. The summed E-state index contributed by atoms with van der Waals surface area (Å²) in [6.07, 6.45) is 2.71. The van der Waals surface area contributed by atoms with Gasteiger partial charge >= 0.3 is 0 Å². The molecule has 1 fully saturated rings. The summed E-state index contributed by atoms with van der Waals surface area (Å²) in [5.41, 5.74) is 3.61. The fourth-order valence-electron chi connectivity index (χ4n) is 4.19. The molecule has 1 unspecified atom stereocenters. The highest BCUT2D eigenvalue weighted by Gasteiger charge is 2.37. The second-order valence-corrected chi connectivity index (χ2v) is 8.12. The van der Waals surface area contributed by atoms with Crippen molar-refractivity contribution in [2.75, 3.05) is 11.4 Å². The van der Waals surface area contributed by atoms with Crippen molar-refractivity contribution >= 4 is 27.8 Å². The van der Waals surface area contributed by atoms with Gasteiger partial charge in [0.1, 0.15) is 12.5 Å². The Morgan fingerprint density at radius 2 is 2.07 bits per heavy atom. The predicted octanol–water partition coefficient (Wildman–Crippen LogP) is 3.54. The van der Waals surface area contributed by atoms with Gasteiger partial charge in [-0.2, -0.15) is 5.26 Å². The first kappa shape index (κ1) is 17.9. The lowest BCUT2D eigenvalue weighted by Gasteiger charge is -2.41. The van der Waals surface area contributed by atoms with E-state index in [1.54, 1.807) is 12.4 Å². The Balaban J connectivity index is 1.67. The molecule has 1 aromatic heterocycles. The summed E-state index contributed by atoms with van der Waals surface area (Å²) in [5.74, 6) is 0.801. The maximum absolute atomic E-state index is 12.7. The van der Waals surface area contributed by atoms with Crippen LogP contribution in [0, 0.1) is 11.3 Å². The summed E-state index contributed by atoms with van der Waals surface area (Å²) in [6, 6.07) is 15.8. The Labute approximate surface area is 176 Å². The summed E-state index contributed by atoms with van der Waals surface area (Å²) >= 11 is 3.56. The normalized spacial score (nSPS) is 16.3. The Morgan fingerprint density at radius 1 is 1.17 bits per heavy atom. The van der Waals surface area contributed by atoms with E-state index in [2.05, 4.69) is 43.2 Å². The fraction of sp³-hybridized carbons (Fsp3) is 0.238. The molecule has 7 nitrogen and oxygen atoms in total. The van der Waals surface area contributed by atoms with Gasteiger partial charge in [0.25, 0.3) is 0 Å². The van der Waals surface area contributed by atoms with E-state index in [0.717, 1.165) is 27.7 Å². The molecule has 0 saturated carbocycles. The Hall–Kier alpha value is -3.18. The number of amides is 1. The van der Waals surface area contributed by atoms with Crippen molar-refractivity contribution in [1.29, 1.82) is 5.26 Å². The molecule has 0 N–H and O–H groups in total. The number of nitrogens with zero attached hydrogens (tertiary/aromatic N) is 6. The van der Waals surface area contributed by atoms with Crippen molar-refractivity contribution in [1.82, 2.24) is 19.7 Å². The molecule has 3 aromatic rings. The number of hydrogen-bond acceptors (Lipinski definition) is 5. The molecule has 2 aliphatic heterocycles. The Morgan fingerprint density at radius 3 is 2.86 bits per heavy atom. The summed E-state index contributed by atoms with van der Waals surface area (Å²) < 4.78 is 2.94. The molecular weight excluding hydrogens is 432 g/mol. The number of anilines is 1. The zero-order valence-corrected chi connectivity index (χ0v) is 17.1. The highest BCUT2D eigenvalue weighted by molar-refractivity contribution is 9.10. The molecule has 2 aliphatic rings. The minimum absolute atomic E-state index is 0.114. The van der Waals surface area contributed by atoms with Crippen LogP contribution in [0.3, 0.4) is 0 Å². The topological polar surface area (TPSA) is 78.0 Å². The van der Waals surface area contributed by atoms with Crippen LogP contribution in [0.25, 0.3) is 5.69 Å². The van der Waals surface area contributed by atoms with E-state index in [1.807, 2.05) is 39.8 Å². The van der Waals surface area contributed by atoms with Gasteiger partial charge in [0.2, 0.25) is 11.9 Å². The second-order valence-electron chi connectivity index (χ2n) is 7.20. The molecule has 0 radical (unpaired) electrons. The van der Waals surface area contributed by atoms with Gasteiger partial charge in [0.05, 0.1) is 23.9 Å². The van der Waals surface area contributed by atoms with Gasteiger partial charge in [0.15, 0.2) is 0 Å². The largest absolute Gasteiger partial charge is 0.318 e. The molecular formula is C21H17BrN6O. The van der Waals surface area contributed by atoms with Crippen molar-refractivity contribution in [3.8, 4) is 11.8 Å². The first-order valence-electron chi connectivity index (χ1n) is 9.41. The van der Waals surface area contributed by atoms with Gasteiger partial charge in [-0.25, -0.2) is 0 Å². The summed E-state index contributed by atoms with van der Waals surface area (Å²) in [6.45, 7) is 1.26. The molecule has 8 heteroatoms. The maximum atomic E-state index is 12.7. The number of rotatable bonds is 3. The van der Waals surface area contributed by atoms with Gasteiger partial charge in [-0.3, -0.25) is 9.36 Å². The molecule has 1 atom stereocenters. The lowest BCUT2D eigenvalue weighted by molar-refractivity contribution is -0.129. The molecule has 1 saturated heterocycles. The van der Waals surface area contributed by atoms with Gasteiger partial charge in [-0.05, 0) is 47.9 Å². The number of carbonyl (C=O) groups is 1. The van der Waals surface area contributed by atoms with Crippen molar-refractivity contribution in [3.05, 3.63) is 70.0 Å². The second kappa shape index (κ2) is 7.01.